The van der Waals surface area contributed by atoms with E-state index < -0.39 is 87.7 Å². The molecule has 4 amide bonds. The van der Waals surface area contributed by atoms with Gasteiger partial charge < -0.3 is 20.4 Å². The lowest BCUT2D eigenvalue weighted by Crippen LogP contribution is -2.54. The Hall–Kier alpha value is -6.89. The van der Waals surface area contributed by atoms with Crippen LogP contribution >= 0.6 is 0 Å². The molecule has 0 bridgehead atoms. The largest absolute Gasteiger partial charge is 0.342 e. The molecule has 19 heteroatoms. The minimum Gasteiger partial charge on any atom is -0.342 e. The molecular formula is C43H40F4N8O6S. The zero-order chi connectivity index (χ0) is 44.7. The first-order valence-electron chi connectivity index (χ1n) is 19.2. The molecule has 1 unspecified atom stereocenters. The highest BCUT2D eigenvalue weighted by atomic mass is 32.2. The topological polar surface area (TPSA) is 165 Å². The summed E-state index contributed by atoms with van der Waals surface area (Å²) in [7, 11) is -1.86. The van der Waals surface area contributed by atoms with Crippen molar-refractivity contribution in [2.24, 2.45) is 0 Å². The molecule has 2 N–H and O–H groups in total. The number of amides is 4. The number of anilines is 4. The maximum atomic E-state index is 14.4. The summed E-state index contributed by atoms with van der Waals surface area (Å²) in [6.45, 7) is 1.73. The van der Waals surface area contributed by atoms with E-state index in [1.165, 1.54) is 60.6 Å². The van der Waals surface area contributed by atoms with E-state index in [4.69, 9.17) is 0 Å². The van der Waals surface area contributed by atoms with E-state index in [1.54, 1.807) is 38.1 Å². The van der Waals surface area contributed by atoms with Gasteiger partial charge in [-0.2, -0.15) is 8.42 Å². The first kappa shape index (κ1) is 43.2. The van der Waals surface area contributed by atoms with Gasteiger partial charge in [0, 0.05) is 50.0 Å². The Morgan fingerprint density at radius 3 is 1.76 bits per heavy atom. The van der Waals surface area contributed by atoms with Gasteiger partial charge in [-0.25, -0.2) is 26.2 Å². The Bertz CT molecular complexity index is 2650. The number of carbonyl (C=O) groups excluding carboxylic acids is 4. The number of para-hydroxylation sites is 2. The van der Waals surface area contributed by atoms with Crippen molar-refractivity contribution < 1.29 is 45.2 Å². The van der Waals surface area contributed by atoms with Gasteiger partial charge in [0.2, 0.25) is 17.7 Å². The molecule has 3 heterocycles. The molecule has 3 aromatic carbocycles. The summed E-state index contributed by atoms with van der Waals surface area (Å²) in [5.74, 6) is -7.78. The third-order valence-electron chi connectivity index (χ3n) is 10.7. The average molecular weight is 873 g/mol. The van der Waals surface area contributed by atoms with Gasteiger partial charge in [0.05, 0.1) is 35.1 Å². The first-order valence-corrected chi connectivity index (χ1v) is 20.6. The summed E-state index contributed by atoms with van der Waals surface area (Å²) < 4.78 is 87.3. The van der Waals surface area contributed by atoms with Crippen molar-refractivity contribution in [2.45, 2.75) is 44.2 Å². The highest BCUT2D eigenvalue weighted by molar-refractivity contribution is 7.94. The molecule has 0 spiro atoms. The van der Waals surface area contributed by atoms with Gasteiger partial charge in [0.25, 0.3) is 5.91 Å². The van der Waals surface area contributed by atoms with Crippen LogP contribution in [0.3, 0.4) is 0 Å². The normalized spacial score (nSPS) is 17.8. The summed E-state index contributed by atoms with van der Waals surface area (Å²) in [5.41, 5.74) is 0.454. The number of rotatable bonds is 13. The molecule has 7 rings (SSSR count). The fraction of sp³-hybridized carbons (Fsp3) is 0.256. The fourth-order valence-electron chi connectivity index (χ4n) is 7.50. The number of hydrogen-bond donors (Lipinski definition) is 2. The lowest BCUT2D eigenvalue weighted by atomic mass is 10.0. The van der Waals surface area contributed by atoms with Crippen molar-refractivity contribution >= 4 is 56.6 Å². The van der Waals surface area contributed by atoms with E-state index in [1.807, 2.05) is 0 Å². The molecule has 14 nitrogen and oxygen atoms in total. The Labute approximate surface area is 354 Å². The third kappa shape index (κ3) is 8.79. The number of carbonyl (C=O) groups is 4. The van der Waals surface area contributed by atoms with Crippen LogP contribution in [-0.2, 0) is 35.8 Å². The lowest BCUT2D eigenvalue weighted by molar-refractivity contribution is -0.127. The molecule has 1 saturated carbocycles. The fourth-order valence-corrected chi connectivity index (χ4v) is 9.11. The number of likely N-dealkylation sites (N-methyl/N-ethyl adjacent to an activating group) is 2. The number of nitrogens with zero attached hydrogens (tertiary/aromatic N) is 6. The number of pyridine rings is 2. The maximum absolute atomic E-state index is 14.4. The number of hydrogen-bond acceptors (Lipinski definition) is 8. The van der Waals surface area contributed by atoms with E-state index in [0.717, 1.165) is 32.9 Å². The standard InChI is InChI=1S/C43H40F4N8O6S/c1-25-9-11-33(21-48-25)52(3)41(58)36(15-27-13-29(44)18-30(45)14-27)50-39(56)23-54-37-7-5-6-8-38(37)55(62(54,60)61)24-40(57)51-43(20-35(43)28-16-31(46)19-32(47)17-28)42(59)53(4)34-12-10-26(2)49-22-34/h5-14,16-19,21-22,35-36H,15,20,23-24H2,1-4H3,(H,50,56)(H,51,57)/t35-,36?,43-/m1/s1. The van der Waals surface area contributed by atoms with Gasteiger partial charge in [-0.3, -0.25) is 29.1 Å². The molecule has 62 heavy (non-hydrogen) atoms. The number of aromatic nitrogens is 2. The van der Waals surface area contributed by atoms with Crippen molar-refractivity contribution in [3.8, 4) is 0 Å². The second-order valence-electron chi connectivity index (χ2n) is 15.2. The molecule has 1 fully saturated rings. The van der Waals surface area contributed by atoms with Crippen molar-refractivity contribution in [3.05, 3.63) is 143 Å². The van der Waals surface area contributed by atoms with Crippen molar-refractivity contribution in [2.75, 3.05) is 45.6 Å². The average Bonchev–Trinajstić information content (AvgIpc) is 3.90. The molecule has 322 valence electrons. The van der Waals surface area contributed by atoms with Gasteiger partial charge in [-0.05, 0) is 92.1 Å². The van der Waals surface area contributed by atoms with Crippen LogP contribution < -0.4 is 29.0 Å². The first-order chi connectivity index (χ1) is 29.4. The molecule has 3 atom stereocenters. The quantitative estimate of drug-likeness (QED) is 0.162. The zero-order valence-corrected chi connectivity index (χ0v) is 34.6. The highest BCUT2D eigenvalue weighted by Gasteiger charge is 2.63. The summed E-state index contributed by atoms with van der Waals surface area (Å²) >= 11 is 0. The van der Waals surface area contributed by atoms with Gasteiger partial charge in [0.15, 0.2) is 0 Å². The minimum absolute atomic E-state index is 0.00491. The van der Waals surface area contributed by atoms with Crippen LogP contribution in [0.4, 0.5) is 40.3 Å². The van der Waals surface area contributed by atoms with Gasteiger partial charge in [-0.15, -0.1) is 0 Å². The van der Waals surface area contributed by atoms with Gasteiger partial charge in [-0.1, -0.05) is 12.1 Å². The Balaban J connectivity index is 1.13. The Morgan fingerprint density at radius 2 is 1.24 bits per heavy atom. The summed E-state index contributed by atoms with van der Waals surface area (Å²) in [5, 5.41) is 5.19. The summed E-state index contributed by atoms with van der Waals surface area (Å²) in [6.07, 6.45) is 2.42. The second kappa shape index (κ2) is 16.9. The van der Waals surface area contributed by atoms with E-state index >= 15 is 0 Å². The highest BCUT2D eigenvalue weighted by Crippen LogP contribution is 2.53. The molecule has 2 aliphatic rings. The van der Waals surface area contributed by atoms with Crippen LogP contribution in [0.15, 0.2) is 97.3 Å². The molecule has 1 aliphatic heterocycles. The van der Waals surface area contributed by atoms with Crippen LogP contribution in [0.2, 0.25) is 0 Å². The zero-order valence-electron chi connectivity index (χ0n) is 33.8. The molecule has 5 aromatic rings. The molecule has 2 aromatic heterocycles. The van der Waals surface area contributed by atoms with Crippen molar-refractivity contribution in [3.63, 3.8) is 0 Å². The number of benzene rings is 3. The van der Waals surface area contributed by atoms with Crippen LogP contribution in [-0.4, -0.2) is 80.8 Å². The molecule has 1 aliphatic carbocycles. The third-order valence-corrected chi connectivity index (χ3v) is 12.5. The monoisotopic (exact) mass is 872 g/mol. The van der Waals surface area contributed by atoms with Gasteiger partial charge >= 0.3 is 10.2 Å². The Morgan fingerprint density at radius 1 is 0.742 bits per heavy atom. The van der Waals surface area contributed by atoms with Crippen LogP contribution in [0.1, 0.15) is 34.9 Å². The van der Waals surface area contributed by atoms with E-state index in [9.17, 15) is 45.2 Å². The number of nitrogens with one attached hydrogen (secondary N) is 2. The van der Waals surface area contributed by atoms with Gasteiger partial charge in [0.1, 0.15) is 47.9 Å². The molecule has 0 saturated heterocycles. The number of fused-ring (bicyclic) bond motifs is 1. The Kier molecular flexibility index (Phi) is 11.8. The van der Waals surface area contributed by atoms with E-state index in [2.05, 4.69) is 20.6 Å². The number of aryl methyl sites for hydroxylation is 2. The molecular weight excluding hydrogens is 833 g/mol. The van der Waals surface area contributed by atoms with Crippen molar-refractivity contribution in [1.29, 1.82) is 0 Å². The lowest BCUT2D eigenvalue weighted by Gasteiger charge is -2.27. The predicted octanol–water partition coefficient (Wildman–Crippen LogP) is 4.62. The summed E-state index contributed by atoms with van der Waals surface area (Å²) in [6, 6.07) is 16.4. The van der Waals surface area contributed by atoms with E-state index in [-0.39, 0.29) is 35.3 Å². The van der Waals surface area contributed by atoms with E-state index in [0.29, 0.717) is 34.9 Å². The minimum atomic E-state index is -4.72. The predicted molar refractivity (Wildman–Crippen MR) is 221 cm³/mol. The van der Waals surface area contributed by atoms with Crippen LogP contribution in [0.25, 0.3) is 0 Å². The smallest absolute Gasteiger partial charge is 0.327 e. The second-order valence-corrected chi connectivity index (χ2v) is 16.9. The number of halogens is 4. The maximum Gasteiger partial charge on any atom is 0.327 e. The van der Waals surface area contributed by atoms with Crippen LogP contribution in [0.5, 0.6) is 0 Å². The SMILES string of the molecule is Cc1ccc(N(C)C(=O)C(Cc2cc(F)cc(F)c2)NC(=O)CN2c3ccccc3N(CC(=O)N[C@]3(C(=O)N(C)c4ccc(C)nc4)C[C@@H]3c3cc(F)cc(F)c3)S2(=O)=O)cn1. The van der Waals surface area contributed by atoms with Crippen LogP contribution in [0, 0.1) is 37.1 Å². The molecule has 0 radical (unpaired) electrons. The van der Waals surface area contributed by atoms with Crippen molar-refractivity contribution in [1.82, 2.24) is 20.6 Å². The summed E-state index contributed by atoms with van der Waals surface area (Å²) in [4.78, 5) is 66.7.